The maximum Gasteiger partial charge on any atom is 0.261 e. The molecule has 1 saturated heterocycles. The van der Waals surface area contributed by atoms with Crippen LogP contribution in [0, 0.1) is 12.8 Å². The van der Waals surface area contributed by atoms with Crippen molar-refractivity contribution in [2.75, 3.05) is 28.9 Å². The van der Waals surface area contributed by atoms with Crippen molar-refractivity contribution < 1.29 is 21.6 Å². The van der Waals surface area contributed by atoms with Gasteiger partial charge in [0.15, 0.2) is 0 Å². The number of carbonyl (C=O) groups excluding carboxylic acids is 1. The van der Waals surface area contributed by atoms with E-state index in [1.165, 1.54) is 28.6 Å². The maximum atomic E-state index is 12.9. The quantitative estimate of drug-likeness (QED) is 0.385. The average Bonchev–Trinajstić information content (AvgIpc) is 2.89. The second-order valence-corrected chi connectivity index (χ2v) is 13.4. The van der Waals surface area contributed by atoms with Crippen molar-refractivity contribution in [3.8, 4) is 0 Å². The van der Waals surface area contributed by atoms with Crippen LogP contribution in [0.4, 0.5) is 11.4 Å². The van der Waals surface area contributed by atoms with E-state index in [1.54, 1.807) is 18.2 Å². The van der Waals surface area contributed by atoms with Gasteiger partial charge in [-0.05, 0) is 80.1 Å². The lowest BCUT2D eigenvalue weighted by molar-refractivity contribution is -0.120. The lowest BCUT2D eigenvalue weighted by Gasteiger charge is -2.31. The number of rotatable bonds is 10. The van der Waals surface area contributed by atoms with E-state index in [-0.39, 0.29) is 23.1 Å². The van der Waals surface area contributed by atoms with Gasteiger partial charge in [-0.15, -0.1) is 0 Å². The first-order chi connectivity index (χ1) is 18.1. The summed E-state index contributed by atoms with van der Waals surface area (Å²) in [6.07, 6.45) is 2.41. The predicted octanol–water partition coefficient (Wildman–Crippen LogP) is 4.41. The average molecular weight is 556 g/mol. The molecule has 1 unspecified atom stereocenters. The molecule has 1 amide bonds. The molecule has 1 atom stereocenters. The van der Waals surface area contributed by atoms with Crippen LogP contribution in [0.15, 0.2) is 83.8 Å². The zero-order chi connectivity index (χ0) is 27.2. The third kappa shape index (κ3) is 7.43. The van der Waals surface area contributed by atoms with Gasteiger partial charge in [-0.2, -0.15) is 0 Å². The molecule has 8 nitrogen and oxygen atoms in total. The number of carbonyl (C=O) groups is 1. The molecule has 1 fully saturated rings. The summed E-state index contributed by atoms with van der Waals surface area (Å²) < 4.78 is 55.2. The molecule has 0 spiro atoms. The van der Waals surface area contributed by atoms with Crippen LogP contribution in [0.2, 0.25) is 0 Å². The number of hydrogen-bond donors (Lipinski definition) is 2. The third-order valence-corrected chi connectivity index (χ3v) is 9.88. The number of nitrogens with one attached hydrogen (secondary N) is 2. The van der Waals surface area contributed by atoms with Crippen LogP contribution in [0.3, 0.4) is 0 Å². The number of benzene rings is 3. The first kappa shape index (κ1) is 27.8. The largest absolute Gasteiger partial charge is 0.326 e. The Balaban J connectivity index is 1.32. The summed E-state index contributed by atoms with van der Waals surface area (Å²) in [5.41, 5.74) is 2.96. The number of anilines is 2. The zero-order valence-corrected chi connectivity index (χ0v) is 23.0. The normalized spacial score (nSPS) is 16.6. The smallest absolute Gasteiger partial charge is 0.261 e. The van der Waals surface area contributed by atoms with Crippen molar-refractivity contribution >= 4 is 37.3 Å². The summed E-state index contributed by atoms with van der Waals surface area (Å²) in [7, 11) is -7.24. The molecular weight excluding hydrogens is 522 g/mol. The van der Waals surface area contributed by atoms with E-state index in [2.05, 4.69) is 10.0 Å². The van der Waals surface area contributed by atoms with E-state index < -0.39 is 26.0 Å². The van der Waals surface area contributed by atoms with Gasteiger partial charge in [-0.25, -0.2) is 21.1 Å². The van der Waals surface area contributed by atoms with E-state index in [1.807, 2.05) is 43.3 Å². The van der Waals surface area contributed by atoms with Crippen molar-refractivity contribution in [2.45, 2.75) is 37.5 Å². The predicted molar refractivity (Wildman–Crippen MR) is 150 cm³/mol. The molecule has 0 bridgehead atoms. The molecular formula is C28H33N3O5S2. The number of nitrogens with zero attached hydrogens (tertiary/aromatic N) is 1. The summed E-state index contributed by atoms with van der Waals surface area (Å²) in [4.78, 5) is 13.0. The number of aryl methyl sites for hydroxylation is 2. The molecule has 4 rings (SSSR count). The van der Waals surface area contributed by atoms with Crippen molar-refractivity contribution in [3.63, 3.8) is 0 Å². The van der Waals surface area contributed by atoms with Crippen molar-refractivity contribution in [1.82, 2.24) is 4.31 Å². The van der Waals surface area contributed by atoms with Gasteiger partial charge >= 0.3 is 0 Å². The van der Waals surface area contributed by atoms with Gasteiger partial charge in [0.05, 0.1) is 16.6 Å². The van der Waals surface area contributed by atoms with Gasteiger partial charge in [-0.1, -0.05) is 42.5 Å². The minimum atomic E-state index is -3.78. The molecule has 0 aromatic heterocycles. The highest BCUT2D eigenvalue weighted by Gasteiger charge is 2.32. The molecule has 1 heterocycles. The van der Waals surface area contributed by atoms with E-state index >= 15 is 0 Å². The van der Waals surface area contributed by atoms with E-state index in [9.17, 15) is 21.6 Å². The van der Waals surface area contributed by atoms with Crippen LogP contribution in [0.5, 0.6) is 0 Å². The van der Waals surface area contributed by atoms with Gasteiger partial charge in [-0.3, -0.25) is 9.52 Å². The molecule has 2 N–H and O–H groups in total. The van der Waals surface area contributed by atoms with Gasteiger partial charge in [0.25, 0.3) is 10.0 Å². The fourth-order valence-electron chi connectivity index (χ4n) is 4.53. The minimum Gasteiger partial charge on any atom is -0.326 e. The van der Waals surface area contributed by atoms with E-state index in [0.29, 0.717) is 43.6 Å². The van der Waals surface area contributed by atoms with E-state index in [0.717, 1.165) is 11.1 Å². The Bertz CT molecular complexity index is 1460. The SMILES string of the molecule is Cc1cccc(NS(=O)(=O)c2ccc(NC(=O)C3CCCN(S(=O)(=O)CCCc4ccccc4)C3)cc2)c1. The second kappa shape index (κ2) is 12.1. The first-order valence-corrected chi connectivity index (χ1v) is 15.7. The van der Waals surface area contributed by atoms with Gasteiger partial charge in [0, 0.05) is 24.5 Å². The Morgan fingerprint density at radius 1 is 0.921 bits per heavy atom. The first-order valence-electron chi connectivity index (χ1n) is 12.6. The molecule has 0 saturated carbocycles. The third-order valence-electron chi connectivity index (χ3n) is 6.56. The fraction of sp³-hybridized carbons (Fsp3) is 0.321. The van der Waals surface area contributed by atoms with Crippen molar-refractivity contribution in [3.05, 3.63) is 90.0 Å². The highest BCUT2D eigenvalue weighted by atomic mass is 32.2. The Labute approximate surface area is 225 Å². The Morgan fingerprint density at radius 3 is 2.37 bits per heavy atom. The van der Waals surface area contributed by atoms with Crippen LogP contribution in [0.25, 0.3) is 0 Å². The lowest BCUT2D eigenvalue weighted by atomic mass is 9.99. The lowest BCUT2D eigenvalue weighted by Crippen LogP contribution is -2.44. The fourth-order valence-corrected chi connectivity index (χ4v) is 7.16. The summed E-state index contributed by atoms with van der Waals surface area (Å²) >= 11 is 0. The highest BCUT2D eigenvalue weighted by Crippen LogP contribution is 2.23. The summed E-state index contributed by atoms with van der Waals surface area (Å²) in [6.45, 7) is 2.44. The molecule has 1 aliphatic heterocycles. The van der Waals surface area contributed by atoms with Crippen LogP contribution < -0.4 is 10.0 Å². The van der Waals surface area contributed by atoms with Crippen molar-refractivity contribution in [2.24, 2.45) is 5.92 Å². The Hall–Kier alpha value is -3.21. The number of amides is 1. The monoisotopic (exact) mass is 555 g/mol. The van der Waals surface area contributed by atoms with Crippen LogP contribution in [0.1, 0.15) is 30.4 Å². The summed E-state index contributed by atoms with van der Waals surface area (Å²) in [5.74, 6) is -0.704. The molecule has 202 valence electrons. The Kier molecular flexibility index (Phi) is 8.86. The molecule has 3 aromatic carbocycles. The van der Waals surface area contributed by atoms with Crippen LogP contribution in [-0.2, 0) is 31.3 Å². The molecule has 3 aromatic rings. The molecule has 10 heteroatoms. The number of hydrogen-bond acceptors (Lipinski definition) is 5. The van der Waals surface area contributed by atoms with Crippen LogP contribution in [-0.4, -0.2) is 45.9 Å². The Morgan fingerprint density at radius 2 is 1.66 bits per heavy atom. The number of sulfonamides is 2. The number of piperidine rings is 1. The topological polar surface area (TPSA) is 113 Å². The molecule has 0 radical (unpaired) electrons. The summed E-state index contributed by atoms with van der Waals surface area (Å²) in [6, 6.07) is 22.8. The van der Waals surface area contributed by atoms with Gasteiger partial charge in [0.1, 0.15) is 0 Å². The minimum absolute atomic E-state index is 0.0444. The van der Waals surface area contributed by atoms with Crippen molar-refractivity contribution in [1.29, 1.82) is 0 Å². The van der Waals surface area contributed by atoms with Gasteiger partial charge in [0.2, 0.25) is 15.9 Å². The van der Waals surface area contributed by atoms with Crippen LogP contribution >= 0.6 is 0 Å². The second-order valence-electron chi connectivity index (χ2n) is 9.59. The van der Waals surface area contributed by atoms with E-state index in [4.69, 9.17) is 0 Å². The standard InChI is InChI=1S/C28H33N3O5S2/c1-22-8-5-13-26(20-22)30-38(35,36)27-16-14-25(15-17-27)29-28(32)24-12-6-18-31(21-24)37(33,34)19-7-11-23-9-3-2-4-10-23/h2-5,8-10,13-17,20,24,30H,6-7,11-12,18-19,21H2,1H3,(H,29,32). The molecule has 1 aliphatic rings. The van der Waals surface area contributed by atoms with Gasteiger partial charge < -0.3 is 5.32 Å². The highest BCUT2D eigenvalue weighted by molar-refractivity contribution is 7.92. The molecule has 38 heavy (non-hydrogen) atoms. The zero-order valence-electron chi connectivity index (χ0n) is 21.3. The summed E-state index contributed by atoms with van der Waals surface area (Å²) in [5, 5.41) is 2.81. The molecule has 0 aliphatic carbocycles. The maximum absolute atomic E-state index is 12.9.